The summed E-state index contributed by atoms with van der Waals surface area (Å²) in [5.74, 6) is -0.860. The van der Waals surface area contributed by atoms with E-state index in [-0.39, 0.29) is 17.9 Å². The van der Waals surface area contributed by atoms with Gasteiger partial charge in [-0.2, -0.15) is 0 Å². The summed E-state index contributed by atoms with van der Waals surface area (Å²) in [6.07, 6.45) is 0.832. The molecule has 5 heteroatoms. The highest BCUT2D eigenvalue weighted by Gasteiger charge is 2.40. The van der Waals surface area contributed by atoms with E-state index >= 15 is 0 Å². The van der Waals surface area contributed by atoms with E-state index in [1.54, 1.807) is 18.9 Å². The second-order valence-electron chi connectivity index (χ2n) is 4.08. The second-order valence-corrected chi connectivity index (χ2v) is 4.08. The van der Waals surface area contributed by atoms with Gasteiger partial charge in [0.25, 0.3) is 0 Å². The number of carboxylic acids is 1. The average Bonchev–Trinajstić information content (AvgIpc) is 2.57. The van der Waals surface area contributed by atoms with Crippen molar-refractivity contribution >= 4 is 11.9 Å². The van der Waals surface area contributed by atoms with E-state index in [2.05, 4.69) is 5.32 Å². The molecule has 1 aliphatic rings. The Morgan fingerprint density at radius 3 is 2.60 bits per heavy atom. The number of likely N-dealkylation sites (tertiary alicyclic amines) is 1. The van der Waals surface area contributed by atoms with Crippen molar-refractivity contribution in [3.05, 3.63) is 0 Å². The standard InChI is InChI=1S/C10H18N2O3/c1-6-4-5-12(8(6)10(14)15)7(2)9(13)11-3/h6-8H,4-5H2,1-3H3,(H,11,13)(H,14,15). The highest BCUT2D eigenvalue weighted by molar-refractivity contribution is 5.82. The zero-order valence-corrected chi connectivity index (χ0v) is 9.36. The number of likely N-dealkylation sites (N-methyl/N-ethyl adjacent to an activating group) is 1. The van der Waals surface area contributed by atoms with E-state index < -0.39 is 12.0 Å². The van der Waals surface area contributed by atoms with Crippen molar-refractivity contribution in [3.8, 4) is 0 Å². The number of nitrogens with zero attached hydrogens (tertiary/aromatic N) is 1. The Morgan fingerprint density at radius 1 is 1.53 bits per heavy atom. The largest absolute Gasteiger partial charge is 0.480 e. The van der Waals surface area contributed by atoms with Gasteiger partial charge in [-0.15, -0.1) is 0 Å². The molecule has 0 aromatic carbocycles. The van der Waals surface area contributed by atoms with Crippen molar-refractivity contribution in [1.29, 1.82) is 0 Å². The van der Waals surface area contributed by atoms with Crippen molar-refractivity contribution in [1.82, 2.24) is 10.2 Å². The first kappa shape index (κ1) is 12.0. The lowest BCUT2D eigenvalue weighted by atomic mass is 10.0. The Kier molecular flexibility index (Phi) is 3.68. The molecule has 1 saturated heterocycles. The topological polar surface area (TPSA) is 69.6 Å². The van der Waals surface area contributed by atoms with Gasteiger partial charge in [-0.1, -0.05) is 6.92 Å². The SMILES string of the molecule is CNC(=O)C(C)N1CCC(C)C1C(=O)O. The Bertz CT molecular complexity index is 267. The van der Waals surface area contributed by atoms with Crippen LogP contribution < -0.4 is 5.32 Å². The molecule has 5 nitrogen and oxygen atoms in total. The molecular weight excluding hydrogens is 196 g/mol. The summed E-state index contributed by atoms with van der Waals surface area (Å²) in [7, 11) is 1.56. The van der Waals surface area contributed by atoms with Crippen LogP contribution in [0.5, 0.6) is 0 Å². The number of hydrogen-bond donors (Lipinski definition) is 2. The highest BCUT2D eigenvalue weighted by Crippen LogP contribution is 2.26. The summed E-state index contributed by atoms with van der Waals surface area (Å²) >= 11 is 0. The zero-order valence-electron chi connectivity index (χ0n) is 9.36. The van der Waals surface area contributed by atoms with Crippen LogP contribution in [0.2, 0.25) is 0 Å². The maximum Gasteiger partial charge on any atom is 0.321 e. The first-order valence-corrected chi connectivity index (χ1v) is 5.19. The Morgan fingerprint density at radius 2 is 2.13 bits per heavy atom. The fraction of sp³-hybridized carbons (Fsp3) is 0.800. The predicted molar refractivity (Wildman–Crippen MR) is 55.4 cm³/mol. The summed E-state index contributed by atoms with van der Waals surface area (Å²) in [5, 5.41) is 11.6. The van der Waals surface area contributed by atoms with Crippen molar-refractivity contribution in [2.24, 2.45) is 5.92 Å². The molecular formula is C10H18N2O3. The fourth-order valence-electron chi connectivity index (χ4n) is 2.16. The van der Waals surface area contributed by atoms with Crippen LogP contribution >= 0.6 is 0 Å². The quantitative estimate of drug-likeness (QED) is 0.689. The smallest absolute Gasteiger partial charge is 0.321 e. The molecule has 0 aliphatic carbocycles. The number of carboxylic acid groups (broad SMARTS) is 1. The molecule has 3 atom stereocenters. The first-order valence-electron chi connectivity index (χ1n) is 5.19. The average molecular weight is 214 g/mol. The summed E-state index contributed by atoms with van der Waals surface area (Å²) < 4.78 is 0. The third-order valence-corrected chi connectivity index (χ3v) is 3.12. The van der Waals surface area contributed by atoms with Crippen molar-refractivity contribution in [2.45, 2.75) is 32.4 Å². The number of aliphatic carboxylic acids is 1. The molecule has 0 aromatic heterocycles. The maximum atomic E-state index is 11.4. The Hall–Kier alpha value is -1.10. The molecule has 86 valence electrons. The normalized spacial score (nSPS) is 28.7. The molecule has 3 unspecified atom stereocenters. The van der Waals surface area contributed by atoms with Crippen LogP contribution in [0, 0.1) is 5.92 Å². The number of rotatable bonds is 3. The summed E-state index contributed by atoms with van der Waals surface area (Å²) in [6, 6.07) is -0.904. The number of nitrogens with one attached hydrogen (secondary N) is 1. The van der Waals surface area contributed by atoms with Crippen molar-refractivity contribution in [2.75, 3.05) is 13.6 Å². The van der Waals surface area contributed by atoms with Crippen LogP contribution in [0.3, 0.4) is 0 Å². The zero-order chi connectivity index (χ0) is 11.6. The number of carbonyl (C=O) groups is 2. The third-order valence-electron chi connectivity index (χ3n) is 3.12. The van der Waals surface area contributed by atoms with Gasteiger partial charge in [0.2, 0.25) is 5.91 Å². The van der Waals surface area contributed by atoms with Crippen molar-refractivity contribution in [3.63, 3.8) is 0 Å². The Balaban J connectivity index is 2.77. The molecule has 0 spiro atoms. The molecule has 1 fully saturated rings. The van der Waals surface area contributed by atoms with Gasteiger partial charge in [-0.05, 0) is 19.3 Å². The lowest BCUT2D eigenvalue weighted by molar-refractivity contribution is -0.145. The molecule has 1 rings (SSSR count). The van der Waals surface area contributed by atoms with Gasteiger partial charge in [0.1, 0.15) is 6.04 Å². The lowest BCUT2D eigenvalue weighted by Crippen LogP contribution is -2.50. The lowest BCUT2D eigenvalue weighted by Gasteiger charge is -2.28. The van der Waals surface area contributed by atoms with Crippen LogP contribution in [0.4, 0.5) is 0 Å². The molecule has 15 heavy (non-hydrogen) atoms. The van der Waals surface area contributed by atoms with Gasteiger partial charge in [-0.25, -0.2) is 0 Å². The molecule has 0 aromatic rings. The summed E-state index contributed by atoms with van der Waals surface area (Å²) in [6.45, 7) is 4.33. The van der Waals surface area contributed by atoms with Gasteiger partial charge >= 0.3 is 5.97 Å². The first-order chi connectivity index (χ1) is 6.99. The number of hydrogen-bond acceptors (Lipinski definition) is 3. The van der Waals surface area contributed by atoms with E-state index in [0.717, 1.165) is 6.42 Å². The second kappa shape index (κ2) is 4.61. The van der Waals surface area contributed by atoms with Gasteiger partial charge in [0.15, 0.2) is 0 Å². The van der Waals surface area contributed by atoms with E-state index in [4.69, 9.17) is 5.11 Å². The van der Waals surface area contributed by atoms with Crippen molar-refractivity contribution < 1.29 is 14.7 Å². The van der Waals surface area contributed by atoms with Crippen LogP contribution in [-0.2, 0) is 9.59 Å². The monoisotopic (exact) mass is 214 g/mol. The maximum absolute atomic E-state index is 11.4. The molecule has 0 bridgehead atoms. The molecule has 1 aliphatic heterocycles. The predicted octanol–water partition coefficient (Wildman–Crippen LogP) is -0.0841. The molecule has 1 amide bonds. The van der Waals surface area contributed by atoms with Crippen LogP contribution in [-0.4, -0.2) is 47.6 Å². The van der Waals surface area contributed by atoms with E-state index in [9.17, 15) is 9.59 Å². The van der Waals surface area contributed by atoms with E-state index in [1.165, 1.54) is 0 Å². The fourth-order valence-corrected chi connectivity index (χ4v) is 2.16. The van der Waals surface area contributed by atoms with Crippen LogP contribution in [0.1, 0.15) is 20.3 Å². The highest BCUT2D eigenvalue weighted by atomic mass is 16.4. The van der Waals surface area contributed by atoms with E-state index in [0.29, 0.717) is 6.54 Å². The van der Waals surface area contributed by atoms with Crippen LogP contribution in [0.15, 0.2) is 0 Å². The summed E-state index contributed by atoms with van der Waals surface area (Å²) in [5.41, 5.74) is 0. The summed E-state index contributed by atoms with van der Waals surface area (Å²) in [4.78, 5) is 24.2. The molecule has 1 heterocycles. The van der Waals surface area contributed by atoms with Gasteiger partial charge < -0.3 is 10.4 Å². The van der Waals surface area contributed by atoms with Gasteiger partial charge in [0, 0.05) is 13.6 Å². The Labute approximate surface area is 89.4 Å². The van der Waals surface area contributed by atoms with Crippen LogP contribution in [0.25, 0.3) is 0 Å². The molecule has 2 N–H and O–H groups in total. The molecule has 0 radical (unpaired) electrons. The number of amides is 1. The van der Waals surface area contributed by atoms with E-state index in [1.807, 2.05) is 6.92 Å². The minimum Gasteiger partial charge on any atom is -0.480 e. The minimum atomic E-state index is -0.837. The molecule has 0 saturated carbocycles. The third kappa shape index (κ3) is 2.28. The van der Waals surface area contributed by atoms with Gasteiger partial charge in [-0.3, -0.25) is 14.5 Å². The number of carbonyl (C=O) groups excluding carboxylic acids is 1. The minimum absolute atomic E-state index is 0.106. The van der Waals surface area contributed by atoms with Gasteiger partial charge in [0.05, 0.1) is 6.04 Å².